The molecule has 1 aliphatic rings. The number of likely N-dealkylation sites (N-methyl/N-ethyl adjacent to an activating group) is 1. The Morgan fingerprint density at radius 2 is 2.38 bits per heavy atom. The molecular formula is C11H15NO. The molecule has 1 heterocycles. The predicted octanol–water partition coefficient (Wildman–Crippen LogP) is 1.52. The van der Waals surface area contributed by atoms with Gasteiger partial charge in [0.15, 0.2) is 0 Å². The number of ether oxygens (including phenoxy) is 1. The van der Waals surface area contributed by atoms with Crippen molar-refractivity contribution in [3.05, 3.63) is 29.3 Å². The molecule has 0 saturated heterocycles. The van der Waals surface area contributed by atoms with Crippen LogP contribution in [-0.4, -0.2) is 19.7 Å². The fourth-order valence-electron chi connectivity index (χ4n) is 1.79. The lowest BCUT2D eigenvalue weighted by atomic mass is 10.1. The van der Waals surface area contributed by atoms with Crippen LogP contribution in [0.1, 0.15) is 11.1 Å². The maximum atomic E-state index is 5.74. The quantitative estimate of drug-likeness (QED) is 0.739. The molecule has 2 nitrogen and oxygen atoms in total. The van der Waals surface area contributed by atoms with Gasteiger partial charge in [-0.2, -0.15) is 0 Å². The Hall–Kier alpha value is -1.02. The van der Waals surface area contributed by atoms with Crippen LogP contribution in [0.5, 0.6) is 5.75 Å². The molecule has 0 fully saturated rings. The first-order chi connectivity index (χ1) is 6.29. The molecule has 1 aromatic rings. The summed E-state index contributed by atoms with van der Waals surface area (Å²) >= 11 is 0. The van der Waals surface area contributed by atoms with E-state index in [0.717, 1.165) is 18.7 Å². The molecule has 0 radical (unpaired) electrons. The maximum absolute atomic E-state index is 5.74. The number of hydrogen-bond acceptors (Lipinski definition) is 2. The molecule has 1 atom stereocenters. The SMILES string of the molecule is CNCC1Cc2cc(C)ccc2O1. The minimum absolute atomic E-state index is 0.321. The number of aryl methyl sites for hydroxylation is 1. The highest BCUT2D eigenvalue weighted by atomic mass is 16.5. The highest BCUT2D eigenvalue weighted by Crippen LogP contribution is 2.28. The van der Waals surface area contributed by atoms with Crippen LogP contribution in [-0.2, 0) is 6.42 Å². The Labute approximate surface area is 78.9 Å². The molecule has 2 heteroatoms. The van der Waals surface area contributed by atoms with Crippen molar-refractivity contribution in [2.75, 3.05) is 13.6 Å². The number of benzene rings is 1. The number of fused-ring (bicyclic) bond motifs is 1. The summed E-state index contributed by atoms with van der Waals surface area (Å²) in [6.45, 7) is 3.04. The van der Waals surface area contributed by atoms with Gasteiger partial charge in [0.1, 0.15) is 11.9 Å². The van der Waals surface area contributed by atoms with E-state index in [1.165, 1.54) is 11.1 Å². The summed E-state index contributed by atoms with van der Waals surface area (Å²) < 4.78 is 5.74. The summed E-state index contributed by atoms with van der Waals surface area (Å²) in [7, 11) is 1.96. The average Bonchev–Trinajstić information content (AvgIpc) is 2.46. The van der Waals surface area contributed by atoms with Crippen molar-refractivity contribution in [3.8, 4) is 5.75 Å². The molecule has 2 rings (SSSR count). The van der Waals surface area contributed by atoms with Gasteiger partial charge in [-0.25, -0.2) is 0 Å². The number of hydrogen-bond donors (Lipinski definition) is 1. The zero-order chi connectivity index (χ0) is 9.26. The van der Waals surface area contributed by atoms with Crippen molar-refractivity contribution in [2.45, 2.75) is 19.4 Å². The summed E-state index contributed by atoms with van der Waals surface area (Å²) in [5, 5.41) is 3.13. The molecule has 1 aliphatic heterocycles. The van der Waals surface area contributed by atoms with Crippen molar-refractivity contribution in [1.82, 2.24) is 5.32 Å². The molecule has 70 valence electrons. The molecule has 13 heavy (non-hydrogen) atoms. The maximum Gasteiger partial charge on any atom is 0.123 e. The van der Waals surface area contributed by atoms with Crippen LogP contribution < -0.4 is 10.1 Å². The first kappa shape index (κ1) is 8.57. The van der Waals surface area contributed by atoms with E-state index < -0.39 is 0 Å². The van der Waals surface area contributed by atoms with Gasteiger partial charge in [-0.05, 0) is 25.6 Å². The second-order valence-electron chi connectivity index (χ2n) is 3.61. The molecule has 0 amide bonds. The van der Waals surface area contributed by atoms with Gasteiger partial charge in [-0.3, -0.25) is 0 Å². The van der Waals surface area contributed by atoms with Crippen LogP contribution in [0, 0.1) is 6.92 Å². The van der Waals surface area contributed by atoms with Crippen LogP contribution in [0.4, 0.5) is 0 Å². The molecular weight excluding hydrogens is 162 g/mol. The molecule has 0 aliphatic carbocycles. The zero-order valence-electron chi connectivity index (χ0n) is 8.13. The van der Waals surface area contributed by atoms with Gasteiger partial charge in [0.2, 0.25) is 0 Å². The van der Waals surface area contributed by atoms with E-state index in [1.807, 2.05) is 7.05 Å². The third kappa shape index (κ3) is 1.68. The first-order valence-corrected chi connectivity index (χ1v) is 4.70. The number of rotatable bonds is 2. The standard InChI is InChI=1S/C11H15NO/c1-8-3-4-11-9(5-8)6-10(13-11)7-12-2/h3-5,10,12H,6-7H2,1-2H3. The van der Waals surface area contributed by atoms with E-state index in [1.54, 1.807) is 0 Å². The van der Waals surface area contributed by atoms with Crippen LogP contribution in [0.25, 0.3) is 0 Å². The second kappa shape index (κ2) is 3.38. The molecule has 0 bridgehead atoms. The van der Waals surface area contributed by atoms with E-state index in [-0.39, 0.29) is 0 Å². The fraction of sp³-hybridized carbons (Fsp3) is 0.455. The summed E-state index contributed by atoms with van der Waals surface area (Å²) in [5.41, 5.74) is 2.66. The lowest BCUT2D eigenvalue weighted by Gasteiger charge is -2.08. The predicted molar refractivity (Wildman–Crippen MR) is 53.2 cm³/mol. The Balaban J connectivity index is 2.16. The average molecular weight is 177 g/mol. The second-order valence-corrected chi connectivity index (χ2v) is 3.61. The fourth-order valence-corrected chi connectivity index (χ4v) is 1.79. The minimum Gasteiger partial charge on any atom is -0.488 e. The largest absolute Gasteiger partial charge is 0.488 e. The van der Waals surface area contributed by atoms with Gasteiger partial charge in [0.25, 0.3) is 0 Å². The van der Waals surface area contributed by atoms with Crippen molar-refractivity contribution < 1.29 is 4.74 Å². The third-order valence-corrected chi connectivity index (χ3v) is 2.39. The molecule has 0 saturated carbocycles. The first-order valence-electron chi connectivity index (χ1n) is 4.70. The number of nitrogens with one attached hydrogen (secondary N) is 1. The van der Waals surface area contributed by atoms with Gasteiger partial charge >= 0.3 is 0 Å². The zero-order valence-corrected chi connectivity index (χ0v) is 8.13. The minimum atomic E-state index is 0.321. The van der Waals surface area contributed by atoms with Crippen molar-refractivity contribution in [3.63, 3.8) is 0 Å². The molecule has 1 unspecified atom stereocenters. The van der Waals surface area contributed by atoms with Gasteiger partial charge in [-0.15, -0.1) is 0 Å². The van der Waals surface area contributed by atoms with Gasteiger partial charge < -0.3 is 10.1 Å². The Bertz CT molecular complexity index is 309. The highest BCUT2D eigenvalue weighted by Gasteiger charge is 2.21. The normalized spacial score (nSPS) is 19.7. The van der Waals surface area contributed by atoms with E-state index in [9.17, 15) is 0 Å². The van der Waals surface area contributed by atoms with Gasteiger partial charge in [0.05, 0.1) is 0 Å². The van der Waals surface area contributed by atoms with Crippen molar-refractivity contribution >= 4 is 0 Å². The van der Waals surface area contributed by atoms with Crippen LogP contribution in [0.15, 0.2) is 18.2 Å². The third-order valence-electron chi connectivity index (χ3n) is 2.39. The Kier molecular flexibility index (Phi) is 2.23. The lowest BCUT2D eigenvalue weighted by Crippen LogP contribution is -2.27. The Morgan fingerprint density at radius 1 is 1.54 bits per heavy atom. The van der Waals surface area contributed by atoms with Crippen LogP contribution in [0.2, 0.25) is 0 Å². The van der Waals surface area contributed by atoms with Crippen molar-refractivity contribution in [2.24, 2.45) is 0 Å². The lowest BCUT2D eigenvalue weighted by molar-refractivity contribution is 0.231. The topological polar surface area (TPSA) is 21.3 Å². The van der Waals surface area contributed by atoms with Crippen LogP contribution in [0.3, 0.4) is 0 Å². The summed E-state index contributed by atoms with van der Waals surface area (Å²) in [6, 6.07) is 6.38. The highest BCUT2D eigenvalue weighted by molar-refractivity contribution is 5.40. The molecule has 1 aromatic carbocycles. The summed E-state index contributed by atoms with van der Waals surface area (Å²) in [4.78, 5) is 0. The molecule has 0 spiro atoms. The van der Waals surface area contributed by atoms with Gasteiger partial charge in [-0.1, -0.05) is 17.7 Å². The van der Waals surface area contributed by atoms with E-state index in [0.29, 0.717) is 6.10 Å². The van der Waals surface area contributed by atoms with E-state index in [2.05, 4.69) is 30.4 Å². The van der Waals surface area contributed by atoms with E-state index >= 15 is 0 Å². The summed E-state index contributed by atoms with van der Waals surface area (Å²) in [5.74, 6) is 1.06. The smallest absolute Gasteiger partial charge is 0.123 e. The van der Waals surface area contributed by atoms with Gasteiger partial charge in [0, 0.05) is 13.0 Å². The van der Waals surface area contributed by atoms with E-state index in [4.69, 9.17) is 4.74 Å². The summed E-state index contributed by atoms with van der Waals surface area (Å²) in [6.07, 6.45) is 1.36. The molecule has 0 aromatic heterocycles. The Morgan fingerprint density at radius 3 is 3.15 bits per heavy atom. The molecule has 1 N–H and O–H groups in total. The van der Waals surface area contributed by atoms with Crippen molar-refractivity contribution in [1.29, 1.82) is 0 Å². The van der Waals surface area contributed by atoms with Crippen LogP contribution >= 0.6 is 0 Å². The monoisotopic (exact) mass is 177 g/mol.